The van der Waals surface area contributed by atoms with Crippen LogP contribution in [0, 0.1) is 0 Å². The Morgan fingerprint density at radius 3 is 1.72 bits per heavy atom. The van der Waals surface area contributed by atoms with Gasteiger partial charge in [-0.1, -0.05) is 6.58 Å². The first-order valence-corrected chi connectivity index (χ1v) is 7.11. The van der Waals surface area contributed by atoms with Gasteiger partial charge in [0.2, 0.25) is 0 Å². The van der Waals surface area contributed by atoms with Crippen molar-refractivity contribution in [3.05, 3.63) is 12.2 Å². The summed E-state index contributed by atoms with van der Waals surface area (Å²) in [6.07, 6.45) is -2.41. The zero-order valence-electron chi connectivity index (χ0n) is 14.8. The van der Waals surface area contributed by atoms with Crippen LogP contribution in [0.3, 0.4) is 0 Å². The molecular weight excluding hydrogens is 338 g/mol. The Bertz CT molecular complexity index is 504. The molecule has 0 rings (SSSR count). The Labute approximate surface area is 145 Å². The summed E-state index contributed by atoms with van der Waals surface area (Å²) in [6.45, 7) is 6.41. The highest BCUT2D eigenvalue weighted by Crippen LogP contribution is 2.14. The minimum atomic E-state index is -2.85. The van der Waals surface area contributed by atoms with E-state index in [0.29, 0.717) is 12.2 Å². The minimum Gasteiger partial charge on any atom is -0.547 e. The lowest BCUT2D eigenvalue weighted by atomic mass is 9.96. The SMILES string of the molecule is C=C(C)C(=O)OCC[N+](C)(C)C.O=C(O)CC(O)(CC(=O)O)C(=O)[O-]. The smallest absolute Gasteiger partial charge is 0.333 e. The number of aliphatic hydroxyl groups is 1. The van der Waals surface area contributed by atoms with Gasteiger partial charge < -0.3 is 34.4 Å². The fraction of sp³-hybridized carbons (Fsp3) is 0.600. The van der Waals surface area contributed by atoms with E-state index in [2.05, 4.69) is 27.7 Å². The van der Waals surface area contributed by atoms with Crippen molar-refractivity contribution >= 4 is 23.9 Å². The van der Waals surface area contributed by atoms with Crippen molar-refractivity contribution in [1.82, 2.24) is 0 Å². The van der Waals surface area contributed by atoms with E-state index in [1.807, 2.05) is 0 Å². The molecule has 0 aromatic carbocycles. The van der Waals surface area contributed by atoms with Crippen LogP contribution in [0.4, 0.5) is 0 Å². The van der Waals surface area contributed by atoms with Crippen LogP contribution < -0.4 is 5.11 Å². The van der Waals surface area contributed by atoms with Gasteiger partial charge in [-0.25, -0.2) is 4.79 Å². The highest BCUT2D eigenvalue weighted by Gasteiger charge is 2.34. The zero-order valence-corrected chi connectivity index (χ0v) is 14.8. The predicted molar refractivity (Wildman–Crippen MR) is 83.1 cm³/mol. The second-order valence-electron chi connectivity index (χ2n) is 6.39. The monoisotopic (exact) mass is 363 g/mol. The van der Waals surface area contributed by atoms with E-state index in [1.165, 1.54) is 0 Å². The molecule has 0 unspecified atom stereocenters. The third-order valence-electron chi connectivity index (χ3n) is 2.61. The molecule has 0 amide bonds. The molecule has 0 bridgehead atoms. The standard InChI is InChI=1S/C9H18NO2.C6H8O7/c1-8(2)9(11)12-7-6-10(3,4)5;7-3(8)1-6(13,5(11)12)2-4(9)10/h1,6-7H2,2-5H3;13H,1-2H2,(H,7,8)(H,9,10)(H,11,12)/q+1;/p-1. The maximum atomic E-state index is 10.9. The van der Waals surface area contributed by atoms with Gasteiger partial charge in [0, 0.05) is 5.57 Å². The number of carbonyl (C=O) groups excluding carboxylic acids is 2. The molecule has 0 aromatic rings. The summed E-state index contributed by atoms with van der Waals surface area (Å²) in [5, 5.41) is 35.5. The van der Waals surface area contributed by atoms with Gasteiger partial charge >= 0.3 is 17.9 Å². The second kappa shape index (κ2) is 10.4. The van der Waals surface area contributed by atoms with Crippen molar-refractivity contribution in [3.8, 4) is 0 Å². The Morgan fingerprint density at radius 1 is 1.08 bits per heavy atom. The molecule has 0 saturated carbocycles. The van der Waals surface area contributed by atoms with Gasteiger partial charge in [0.1, 0.15) is 18.8 Å². The number of nitrogens with zero attached hydrogens (tertiary/aromatic N) is 1. The molecular formula is C15H25NO9. The Hall–Kier alpha value is -2.46. The lowest BCUT2D eigenvalue weighted by Gasteiger charge is -2.25. The fourth-order valence-electron chi connectivity index (χ4n) is 1.24. The highest BCUT2D eigenvalue weighted by molar-refractivity contribution is 5.87. The van der Waals surface area contributed by atoms with Gasteiger partial charge in [0.15, 0.2) is 0 Å². The molecule has 0 saturated heterocycles. The van der Waals surface area contributed by atoms with Crippen molar-refractivity contribution in [2.45, 2.75) is 25.4 Å². The van der Waals surface area contributed by atoms with Crippen LogP contribution in [-0.2, 0) is 23.9 Å². The van der Waals surface area contributed by atoms with Crippen molar-refractivity contribution in [2.75, 3.05) is 34.3 Å². The third-order valence-corrected chi connectivity index (χ3v) is 2.61. The molecule has 3 N–H and O–H groups in total. The summed E-state index contributed by atoms with van der Waals surface area (Å²) < 4.78 is 5.72. The van der Waals surface area contributed by atoms with Gasteiger partial charge in [-0.15, -0.1) is 0 Å². The van der Waals surface area contributed by atoms with E-state index in [-0.39, 0.29) is 5.97 Å². The van der Waals surface area contributed by atoms with Gasteiger partial charge in [-0.2, -0.15) is 0 Å². The van der Waals surface area contributed by atoms with E-state index in [1.54, 1.807) is 6.92 Å². The summed E-state index contributed by atoms with van der Waals surface area (Å²) in [6, 6.07) is 0. The van der Waals surface area contributed by atoms with Crippen molar-refractivity contribution in [1.29, 1.82) is 0 Å². The lowest BCUT2D eigenvalue weighted by molar-refractivity contribution is -0.870. The molecule has 0 atom stereocenters. The summed E-state index contributed by atoms with van der Waals surface area (Å²) in [4.78, 5) is 41.2. The van der Waals surface area contributed by atoms with Crippen LogP contribution in [0.1, 0.15) is 19.8 Å². The number of likely N-dealkylation sites (N-methyl/N-ethyl adjacent to an activating group) is 1. The zero-order chi connectivity index (χ0) is 20.4. The molecule has 0 spiro atoms. The summed E-state index contributed by atoms with van der Waals surface area (Å²) in [5.74, 6) is -5.65. The molecule has 144 valence electrons. The molecule has 0 aliphatic heterocycles. The van der Waals surface area contributed by atoms with E-state index in [0.717, 1.165) is 11.0 Å². The number of carboxylic acids is 3. The average molecular weight is 363 g/mol. The van der Waals surface area contributed by atoms with Crippen LogP contribution in [0.15, 0.2) is 12.2 Å². The number of quaternary nitrogens is 1. The fourth-order valence-corrected chi connectivity index (χ4v) is 1.24. The Morgan fingerprint density at radius 2 is 1.48 bits per heavy atom. The van der Waals surface area contributed by atoms with Crippen LogP contribution in [0.25, 0.3) is 0 Å². The van der Waals surface area contributed by atoms with Gasteiger partial charge in [-0.3, -0.25) is 9.59 Å². The van der Waals surface area contributed by atoms with Crippen LogP contribution in [0.5, 0.6) is 0 Å². The first-order chi connectivity index (χ1) is 11.1. The maximum Gasteiger partial charge on any atom is 0.333 e. The van der Waals surface area contributed by atoms with Crippen molar-refractivity contribution in [2.24, 2.45) is 0 Å². The number of carboxylic acid groups (broad SMARTS) is 3. The first-order valence-electron chi connectivity index (χ1n) is 7.11. The molecule has 0 aliphatic carbocycles. The largest absolute Gasteiger partial charge is 0.547 e. The van der Waals surface area contributed by atoms with Crippen LogP contribution in [-0.4, -0.2) is 83.6 Å². The molecule has 10 heteroatoms. The number of ether oxygens (including phenoxy) is 1. The van der Waals surface area contributed by atoms with Crippen molar-refractivity contribution < 1.29 is 48.8 Å². The quantitative estimate of drug-likeness (QED) is 0.244. The Kier molecular flexibility index (Phi) is 10.3. The number of aliphatic carboxylic acids is 3. The average Bonchev–Trinajstić information content (AvgIpc) is 2.35. The minimum absolute atomic E-state index is 0.302. The number of carbonyl (C=O) groups is 4. The van der Waals surface area contributed by atoms with E-state index in [4.69, 9.17) is 20.1 Å². The molecule has 10 nitrogen and oxygen atoms in total. The first kappa shape index (κ1) is 24.8. The van der Waals surface area contributed by atoms with Crippen molar-refractivity contribution in [3.63, 3.8) is 0 Å². The van der Waals surface area contributed by atoms with E-state index < -0.39 is 36.4 Å². The molecule has 0 aliphatic rings. The number of esters is 1. The third kappa shape index (κ3) is 13.7. The maximum absolute atomic E-state index is 10.9. The number of rotatable bonds is 9. The van der Waals surface area contributed by atoms with Gasteiger partial charge in [0.05, 0.1) is 40.0 Å². The van der Waals surface area contributed by atoms with Crippen LogP contribution in [0.2, 0.25) is 0 Å². The Balaban J connectivity index is 0. The molecule has 0 aromatic heterocycles. The molecule has 0 fully saturated rings. The summed E-state index contributed by atoms with van der Waals surface area (Å²) in [7, 11) is 6.15. The number of hydrogen-bond acceptors (Lipinski definition) is 7. The van der Waals surface area contributed by atoms with E-state index in [9.17, 15) is 24.3 Å². The van der Waals surface area contributed by atoms with Gasteiger partial charge in [0.25, 0.3) is 0 Å². The molecule has 0 radical (unpaired) electrons. The second-order valence-corrected chi connectivity index (χ2v) is 6.39. The van der Waals surface area contributed by atoms with E-state index >= 15 is 0 Å². The normalized spacial score (nSPS) is 10.9. The summed E-state index contributed by atoms with van der Waals surface area (Å²) in [5.41, 5.74) is -2.39. The van der Waals surface area contributed by atoms with Gasteiger partial charge in [-0.05, 0) is 6.92 Å². The number of hydrogen-bond donors (Lipinski definition) is 3. The highest BCUT2D eigenvalue weighted by atomic mass is 16.5. The molecule has 0 heterocycles. The molecule has 25 heavy (non-hydrogen) atoms. The topological polar surface area (TPSA) is 161 Å². The predicted octanol–water partition coefficient (Wildman–Crippen LogP) is -1.77. The summed E-state index contributed by atoms with van der Waals surface area (Å²) >= 11 is 0. The lowest BCUT2D eigenvalue weighted by Crippen LogP contribution is -2.51. The van der Waals surface area contributed by atoms with Crippen LogP contribution >= 0.6 is 0 Å².